The van der Waals surface area contributed by atoms with E-state index in [0.717, 1.165) is 25.2 Å². The van der Waals surface area contributed by atoms with Crippen molar-refractivity contribution in [1.82, 2.24) is 4.31 Å². The molecule has 0 saturated carbocycles. The van der Waals surface area contributed by atoms with Gasteiger partial charge in [-0.15, -0.1) is 0 Å². The average Bonchev–Trinajstić information content (AvgIpc) is 3.12. The minimum Gasteiger partial charge on any atom is -0.379 e. The van der Waals surface area contributed by atoms with Gasteiger partial charge in [-0.25, -0.2) is 8.42 Å². The molecular formula is C24H29ClN3O4S+. The van der Waals surface area contributed by atoms with Crippen LogP contribution in [0.2, 0.25) is 5.02 Å². The molecule has 176 valence electrons. The Morgan fingerprint density at radius 3 is 2.67 bits per heavy atom. The third-order valence-corrected chi connectivity index (χ3v) is 9.44. The van der Waals surface area contributed by atoms with Crippen LogP contribution in [0.15, 0.2) is 41.3 Å². The van der Waals surface area contributed by atoms with Crippen LogP contribution in [0.5, 0.6) is 0 Å². The number of nitrogens with zero attached hydrogens (tertiary/aromatic N) is 2. The predicted octanol–water partition coefficient (Wildman–Crippen LogP) is 1.70. The summed E-state index contributed by atoms with van der Waals surface area (Å²) in [4.78, 5) is 17.2. The van der Waals surface area contributed by atoms with Crippen molar-refractivity contribution in [3.63, 3.8) is 0 Å². The van der Waals surface area contributed by atoms with Gasteiger partial charge in [0.15, 0.2) is 0 Å². The summed E-state index contributed by atoms with van der Waals surface area (Å²) in [5.74, 6) is 0.101. The van der Waals surface area contributed by atoms with Crippen LogP contribution in [-0.4, -0.2) is 71.1 Å². The Kier molecular flexibility index (Phi) is 5.99. The van der Waals surface area contributed by atoms with Crippen LogP contribution in [0.25, 0.3) is 0 Å². The zero-order valence-electron chi connectivity index (χ0n) is 18.9. The number of benzene rings is 2. The number of likely N-dealkylation sites (N-methyl/N-ethyl adjacent to an activating group) is 1. The number of hydrogen-bond donors (Lipinski definition) is 1. The number of fused-ring (bicyclic) bond motifs is 3. The SMILES string of the molecule is Cc1ccc2c(c1)[C@H]1C[NH+](C)CC[C@@H]1N2C(=O)c1ccc(Cl)c(S(=O)(=O)N2CCOCC2)c1. The van der Waals surface area contributed by atoms with E-state index in [1.54, 1.807) is 6.07 Å². The molecule has 1 amide bonds. The van der Waals surface area contributed by atoms with Crippen LogP contribution >= 0.6 is 11.6 Å². The molecule has 3 aliphatic heterocycles. The van der Waals surface area contributed by atoms with Gasteiger partial charge in [-0.3, -0.25) is 4.79 Å². The molecule has 3 atom stereocenters. The second kappa shape index (κ2) is 8.67. The van der Waals surface area contributed by atoms with Crippen molar-refractivity contribution in [2.75, 3.05) is 51.3 Å². The molecule has 1 unspecified atom stereocenters. The van der Waals surface area contributed by atoms with Crippen molar-refractivity contribution in [3.8, 4) is 0 Å². The number of ether oxygens (including phenoxy) is 1. The van der Waals surface area contributed by atoms with Crippen LogP contribution in [0.3, 0.4) is 0 Å². The molecular weight excluding hydrogens is 462 g/mol. The van der Waals surface area contributed by atoms with Gasteiger partial charge in [-0.2, -0.15) is 4.31 Å². The lowest BCUT2D eigenvalue weighted by Gasteiger charge is -2.34. The average molecular weight is 491 g/mol. The summed E-state index contributed by atoms with van der Waals surface area (Å²) < 4.78 is 33.2. The Labute approximate surface area is 199 Å². The number of rotatable bonds is 3. The quantitative estimate of drug-likeness (QED) is 0.711. The Balaban J connectivity index is 1.53. The van der Waals surface area contributed by atoms with E-state index in [2.05, 4.69) is 20.0 Å². The first-order valence-electron chi connectivity index (χ1n) is 11.4. The lowest BCUT2D eigenvalue weighted by molar-refractivity contribution is -0.886. The van der Waals surface area contributed by atoms with Gasteiger partial charge in [0, 0.05) is 30.8 Å². The van der Waals surface area contributed by atoms with Crippen molar-refractivity contribution in [1.29, 1.82) is 0 Å². The van der Waals surface area contributed by atoms with Gasteiger partial charge in [0.2, 0.25) is 10.0 Å². The third kappa shape index (κ3) is 3.98. The fourth-order valence-electron chi connectivity index (χ4n) is 5.36. The number of halogens is 1. The molecule has 1 N–H and O–H groups in total. The van der Waals surface area contributed by atoms with Gasteiger partial charge in [-0.05, 0) is 36.8 Å². The largest absolute Gasteiger partial charge is 0.379 e. The van der Waals surface area contributed by atoms with E-state index in [0.29, 0.717) is 18.8 Å². The van der Waals surface area contributed by atoms with Crippen LogP contribution in [0, 0.1) is 6.92 Å². The van der Waals surface area contributed by atoms with Gasteiger partial charge in [0.05, 0.1) is 50.3 Å². The summed E-state index contributed by atoms with van der Waals surface area (Å²) >= 11 is 6.32. The van der Waals surface area contributed by atoms with Crippen molar-refractivity contribution >= 4 is 33.2 Å². The predicted molar refractivity (Wildman–Crippen MR) is 127 cm³/mol. The maximum atomic E-state index is 13.8. The van der Waals surface area contributed by atoms with Gasteiger partial charge in [-0.1, -0.05) is 29.3 Å². The number of amides is 1. The zero-order valence-corrected chi connectivity index (χ0v) is 20.5. The zero-order chi connectivity index (χ0) is 23.3. The first-order valence-corrected chi connectivity index (χ1v) is 13.2. The number of likely N-dealkylation sites (tertiary alicyclic amines) is 1. The van der Waals surface area contributed by atoms with Gasteiger partial charge >= 0.3 is 0 Å². The fourth-order valence-corrected chi connectivity index (χ4v) is 7.27. The van der Waals surface area contributed by atoms with Crippen LogP contribution < -0.4 is 9.80 Å². The van der Waals surface area contributed by atoms with Crippen molar-refractivity contribution in [3.05, 3.63) is 58.1 Å². The summed E-state index contributed by atoms with van der Waals surface area (Å²) in [6.07, 6.45) is 0.905. The summed E-state index contributed by atoms with van der Waals surface area (Å²) in [5, 5.41) is 0.122. The third-order valence-electron chi connectivity index (χ3n) is 7.06. The molecule has 0 aromatic heterocycles. The Hall–Kier alpha value is -1.97. The smallest absolute Gasteiger partial charge is 0.258 e. The number of morpholine rings is 1. The van der Waals surface area contributed by atoms with E-state index in [1.807, 2.05) is 17.0 Å². The molecule has 3 aliphatic rings. The second-order valence-corrected chi connectivity index (χ2v) is 11.6. The molecule has 0 radical (unpaired) electrons. The van der Waals surface area contributed by atoms with E-state index in [4.69, 9.17) is 16.3 Å². The minimum atomic E-state index is -3.82. The van der Waals surface area contributed by atoms with E-state index in [1.165, 1.54) is 32.5 Å². The molecule has 0 aliphatic carbocycles. The fraction of sp³-hybridized carbons (Fsp3) is 0.458. The first-order chi connectivity index (χ1) is 15.8. The van der Waals surface area contributed by atoms with Crippen molar-refractivity contribution in [2.24, 2.45) is 0 Å². The van der Waals surface area contributed by atoms with Gasteiger partial charge < -0.3 is 14.5 Å². The van der Waals surface area contributed by atoms with E-state index in [-0.39, 0.29) is 40.9 Å². The van der Waals surface area contributed by atoms with Crippen molar-refractivity contribution in [2.45, 2.75) is 30.2 Å². The molecule has 9 heteroatoms. The monoisotopic (exact) mass is 490 g/mol. The summed E-state index contributed by atoms with van der Waals surface area (Å²) in [6, 6.07) is 10.9. The topological polar surface area (TPSA) is 71.4 Å². The number of sulfonamides is 1. The summed E-state index contributed by atoms with van der Waals surface area (Å²) in [5.41, 5.74) is 3.66. The number of quaternary nitrogens is 1. The Morgan fingerprint density at radius 2 is 1.91 bits per heavy atom. The van der Waals surface area contributed by atoms with Gasteiger partial charge in [0.25, 0.3) is 5.91 Å². The molecule has 33 heavy (non-hydrogen) atoms. The number of nitrogens with one attached hydrogen (secondary N) is 1. The Morgan fingerprint density at radius 1 is 1.15 bits per heavy atom. The number of carbonyl (C=O) groups is 1. The number of carbonyl (C=O) groups excluding carboxylic acids is 1. The minimum absolute atomic E-state index is 0.0235. The number of aryl methyl sites for hydroxylation is 1. The lowest BCUT2D eigenvalue weighted by Crippen LogP contribution is -3.11. The molecule has 2 saturated heterocycles. The molecule has 2 aromatic rings. The van der Waals surface area contributed by atoms with Crippen LogP contribution in [0.4, 0.5) is 5.69 Å². The maximum Gasteiger partial charge on any atom is 0.258 e. The van der Waals surface area contributed by atoms with Gasteiger partial charge in [0.1, 0.15) is 4.90 Å². The highest BCUT2D eigenvalue weighted by Crippen LogP contribution is 2.44. The molecule has 0 spiro atoms. The van der Waals surface area contributed by atoms with E-state index >= 15 is 0 Å². The lowest BCUT2D eigenvalue weighted by atomic mass is 9.88. The number of hydrogen-bond acceptors (Lipinski definition) is 4. The Bertz CT molecular complexity index is 1200. The van der Waals surface area contributed by atoms with Crippen molar-refractivity contribution < 1.29 is 22.8 Å². The molecule has 2 aromatic carbocycles. The highest BCUT2D eigenvalue weighted by molar-refractivity contribution is 7.89. The highest BCUT2D eigenvalue weighted by Gasteiger charge is 2.46. The maximum absolute atomic E-state index is 13.8. The molecule has 3 heterocycles. The van der Waals surface area contributed by atoms with Crippen LogP contribution in [0.1, 0.15) is 33.8 Å². The summed E-state index contributed by atoms with van der Waals surface area (Å²) in [7, 11) is -1.63. The number of anilines is 1. The van der Waals surface area contributed by atoms with E-state index in [9.17, 15) is 13.2 Å². The summed E-state index contributed by atoms with van der Waals surface area (Å²) in [6.45, 7) is 5.28. The molecule has 0 bridgehead atoms. The standard InChI is InChI=1S/C24H28ClN3O4S/c1-16-3-6-21-18(13-16)19-15-26(2)8-7-22(19)28(21)24(29)17-4-5-20(25)23(14-17)33(30,31)27-9-11-32-12-10-27/h3-6,13-14,19,22H,7-12,15H2,1-2H3/p+1/t19-,22+/m1/s1. The second-order valence-electron chi connectivity index (χ2n) is 9.27. The molecule has 5 rings (SSSR count). The first kappa shape index (κ1) is 22.8. The van der Waals surface area contributed by atoms with Crippen LogP contribution in [-0.2, 0) is 14.8 Å². The number of piperidine rings is 1. The normalized spacial score (nSPS) is 25.5. The highest BCUT2D eigenvalue weighted by atomic mass is 35.5. The molecule has 2 fully saturated rings. The molecule has 7 nitrogen and oxygen atoms in total. The van der Waals surface area contributed by atoms with E-state index < -0.39 is 10.0 Å².